The molecule has 3 fully saturated rings. The summed E-state index contributed by atoms with van der Waals surface area (Å²) >= 11 is 6.03. The summed E-state index contributed by atoms with van der Waals surface area (Å²) in [6.45, 7) is 0.317. The molecule has 7 heteroatoms. The molecule has 0 unspecified atom stereocenters. The summed E-state index contributed by atoms with van der Waals surface area (Å²) in [5, 5.41) is 0.549. The summed E-state index contributed by atoms with van der Waals surface area (Å²) in [6.07, 6.45) is 8.40. The Morgan fingerprint density at radius 3 is 2.59 bits per heavy atom. The number of amides is 3. The summed E-state index contributed by atoms with van der Waals surface area (Å²) in [7, 11) is 0. The summed E-state index contributed by atoms with van der Waals surface area (Å²) < 4.78 is 0. The molecule has 6 nitrogen and oxygen atoms in total. The Balaban J connectivity index is 1.34. The second-order valence-corrected chi connectivity index (χ2v) is 8.91. The van der Waals surface area contributed by atoms with Crippen LogP contribution in [0.3, 0.4) is 0 Å². The Hall–Kier alpha value is -2.08. The quantitative estimate of drug-likeness (QED) is 0.682. The zero-order valence-corrected chi connectivity index (χ0v) is 17.4. The number of hydrogen-bond donors (Lipinski definition) is 0. The number of nitrogens with zero attached hydrogens (tertiary/aromatic N) is 3. The van der Waals surface area contributed by atoms with Crippen LogP contribution in [0.5, 0.6) is 0 Å². The maximum Gasteiger partial charge on any atom is 0.248 e. The van der Waals surface area contributed by atoms with E-state index in [9.17, 15) is 14.4 Å². The first-order valence-electron chi connectivity index (χ1n) is 10.6. The van der Waals surface area contributed by atoms with E-state index in [0.29, 0.717) is 23.0 Å². The Labute approximate surface area is 176 Å². The predicted octanol–water partition coefficient (Wildman–Crippen LogP) is 3.43. The second-order valence-electron chi connectivity index (χ2n) is 8.48. The van der Waals surface area contributed by atoms with Crippen molar-refractivity contribution in [1.82, 2.24) is 9.80 Å². The van der Waals surface area contributed by atoms with E-state index in [2.05, 4.69) is 0 Å². The lowest BCUT2D eigenvalue weighted by molar-refractivity contribution is -0.141. The summed E-state index contributed by atoms with van der Waals surface area (Å²) in [4.78, 5) is 42.9. The lowest BCUT2D eigenvalue weighted by Gasteiger charge is -2.25. The molecule has 0 atom stereocenters. The van der Waals surface area contributed by atoms with Gasteiger partial charge in [-0.25, -0.2) is 0 Å². The van der Waals surface area contributed by atoms with Crippen molar-refractivity contribution >= 4 is 35.0 Å². The maximum atomic E-state index is 12.9. The Bertz CT molecular complexity index is 789. The van der Waals surface area contributed by atoms with Gasteiger partial charge in [-0.3, -0.25) is 19.3 Å². The van der Waals surface area contributed by atoms with E-state index < -0.39 is 0 Å². The first kappa shape index (κ1) is 20.2. The lowest BCUT2D eigenvalue weighted by Crippen LogP contribution is -2.43. The molecule has 0 aromatic heterocycles. The third-order valence-electron chi connectivity index (χ3n) is 6.27. The van der Waals surface area contributed by atoms with Crippen LogP contribution in [0, 0.1) is 5.92 Å². The molecule has 0 bridgehead atoms. The average Bonchev–Trinajstić information content (AvgIpc) is 3.25. The van der Waals surface area contributed by atoms with Gasteiger partial charge >= 0.3 is 0 Å². The molecule has 1 saturated heterocycles. The first-order chi connectivity index (χ1) is 14.0. The highest BCUT2D eigenvalue weighted by molar-refractivity contribution is 6.31. The highest BCUT2D eigenvalue weighted by Crippen LogP contribution is 2.31. The standard InChI is InChI=1S/C22H28ClN3O3/c23-17-6-3-7-19(12-17)26-15-24(13-22(26)29)21(28)14-25(18-9-10-18)20(27)11-8-16-4-1-2-5-16/h3,6-7,12,16,18H,1-2,4-5,8-11,13-15H2. The Kier molecular flexibility index (Phi) is 6.09. The van der Waals surface area contributed by atoms with Crippen molar-refractivity contribution in [1.29, 1.82) is 0 Å². The van der Waals surface area contributed by atoms with E-state index in [4.69, 9.17) is 11.6 Å². The summed E-state index contributed by atoms with van der Waals surface area (Å²) in [5.41, 5.74) is 0.685. The van der Waals surface area contributed by atoms with Crippen LogP contribution in [0.4, 0.5) is 5.69 Å². The first-order valence-corrected chi connectivity index (χ1v) is 11.0. The van der Waals surface area contributed by atoms with E-state index in [0.717, 1.165) is 19.3 Å². The minimum absolute atomic E-state index is 0.0418. The SMILES string of the molecule is O=C(CN(C(=O)CCC1CCCC1)C1CC1)N1CC(=O)N(c2cccc(Cl)c2)C1. The van der Waals surface area contributed by atoms with E-state index in [1.54, 1.807) is 34.1 Å². The van der Waals surface area contributed by atoms with Gasteiger partial charge in [-0.2, -0.15) is 0 Å². The molecule has 156 valence electrons. The molecule has 1 heterocycles. The number of carbonyl (C=O) groups excluding carboxylic acids is 3. The van der Waals surface area contributed by atoms with Crippen LogP contribution in [-0.2, 0) is 14.4 Å². The van der Waals surface area contributed by atoms with Gasteiger partial charge < -0.3 is 9.80 Å². The molecule has 4 rings (SSSR count). The van der Waals surface area contributed by atoms with Crippen LogP contribution in [0.25, 0.3) is 0 Å². The van der Waals surface area contributed by atoms with Gasteiger partial charge in [0.25, 0.3) is 0 Å². The summed E-state index contributed by atoms with van der Waals surface area (Å²) in [6, 6.07) is 7.25. The van der Waals surface area contributed by atoms with Crippen molar-refractivity contribution < 1.29 is 14.4 Å². The van der Waals surface area contributed by atoms with Gasteiger partial charge in [0.2, 0.25) is 17.7 Å². The molecule has 2 saturated carbocycles. The fourth-order valence-corrected chi connectivity index (χ4v) is 4.59. The fraction of sp³-hybridized carbons (Fsp3) is 0.591. The van der Waals surface area contributed by atoms with Crippen molar-refractivity contribution in [2.75, 3.05) is 24.7 Å². The lowest BCUT2D eigenvalue weighted by atomic mass is 10.0. The normalized spacial score (nSPS) is 19.8. The molecule has 1 aromatic rings. The molecular formula is C22H28ClN3O3. The van der Waals surface area contributed by atoms with Gasteiger partial charge in [-0.15, -0.1) is 0 Å². The van der Waals surface area contributed by atoms with Gasteiger partial charge in [0.05, 0.1) is 0 Å². The van der Waals surface area contributed by atoms with Crippen LogP contribution in [0.15, 0.2) is 24.3 Å². The highest BCUT2D eigenvalue weighted by atomic mass is 35.5. The largest absolute Gasteiger partial charge is 0.330 e. The Morgan fingerprint density at radius 1 is 1.14 bits per heavy atom. The van der Waals surface area contributed by atoms with Gasteiger partial charge in [0.1, 0.15) is 19.8 Å². The van der Waals surface area contributed by atoms with Crippen molar-refractivity contribution in [3.63, 3.8) is 0 Å². The van der Waals surface area contributed by atoms with Crippen molar-refractivity contribution in [3.8, 4) is 0 Å². The molecule has 3 amide bonds. The summed E-state index contributed by atoms with van der Waals surface area (Å²) in [5.74, 6) is 0.457. The zero-order chi connectivity index (χ0) is 20.4. The second kappa shape index (κ2) is 8.74. The van der Waals surface area contributed by atoms with Crippen LogP contribution in [0.1, 0.15) is 51.4 Å². The number of carbonyl (C=O) groups is 3. The minimum atomic E-state index is -0.163. The average molecular weight is 418 g/mol. The maximum absolute atomic E-state index is 12.9. The molecular weight excluding hydrogens is 390 g/mol. The molecule has 1 aliphatic heterocycles. The third kappa shape index (κ3) is 4.92. The van der Waals surface area contributed by atoms with E-state index in [1.165, 1.54) is 30.6 Å². The highest BCUT2D eigenvalue weighted by Gasteiger charge is 2.37. The number of rotatable bonds is 7. The molecule has 29 heavy (non-hydrogen) atoms. The fourth-order valence-electron chi connectivity index (χ4n) is 4.41. The van der Waals surface area contributed by atoms with E-state index in [-0.39, 0.29) is 43.5 Å². The number of hydrogen-bond acceptors (Lipinski definition) is 3. The van der Waals surface area contributed by atoms with Crippen molar-refractivity contribution in [3.05, 3.63) is 29.3 Å². The smallest absolute Gasteiger partial charge is 0.248 e. The molecule has 3 aliphatic rings. The van der Waals surface area contributed by atoms with E-state index >= 15 is 0 Å². The molecule has 1 aromatic carbocycles. The third-order valence-corrected chi connectivity index (χ3v) is 6.50. The van der Waals surface area contributed by atoms with Crippen LogP contribution in [-0.4, -0.2) is 53.3 Å². The van der Waals surface area contributed by atoms with Crippen LogP contribution in [0.2, 0.25) is 5.02 Å². The van der Waals surface area contributed by atoms with Gasteiger partial charge in [0.15, 0.2) is 0 Å². The Morgan fingerprint density at radius 2 is 1.90 bits per heavy atom. The molecule has 0 spiro atoms. The number of anilines is 1. The van der Waals surface area contributed by atoms with Crippen molar-refractivity contribution in [2.24, 2.45) is 5.92 Å². The zero-order valence-electron chi connectivity index (χ0n) is 16.7. The molecule has 0 N–H and O–H groups in total. The molecule has 0 radical (unpaired) electrons. The van der Waals surface area contributed by atoms with E-state index in [1.807, 2.05) is 0 Å². The number of halogens is 1. The van der Waals surface area contributed by atoms with Gasteiger partial charge in [-0.1, -0.05) is 43.4 Å². The van der Waals surface area contributed by atoms with Crippen molar-refractivity contribution in [2.45, 2.75) is 57.4 Å². The van der Waals surface area contributed by atoms with Crippen LogP contribution < -0.4 is 4.90 Å². The van der Waals surface area contributed by atoms with Gasteiger partial charge in [-0.05, 0) is 43.4 Å². The number of benzene rings is 1. The topological polar surface area (TPSA) is 60.9 Å². The molecule has 2 aliphatic carbocycles. The predicted molar refractivity (Wildman–Crippen MR) is 111 cm³/mol. The van der Waals surface area contributed by atoms with Crippen LogP contribution >= 0.6 is 11.6 Å². The minimum Gasteiger partial charge on any atom is -0.330 e. The van der Waals surface area contributed by atoms with Gasteiger partial charge in [0, 0.05) is 23.2 Å². The monoisotopic (exact) mass is 417 g/mol.